The second-order valence-electron chi connectivity index (χ2n) is 9.02. The molecule has 0 amide bonds. The highest BCUT2D eigenvalue weighted by Crippen LogP contribution is 2.55. The molecule has 0 radical (unpaired) electrons. The van der Waals surface area contributed by atoms with Crippen molar-refractivity contribution in [3.63, 3.8) is 0 Å². The van der Waals surface area contributed by atoms with Crippen LogP contribution in [0.1, 0.15) is 32.1 Å². The standard InChI is InChI=1S/C23H22F3NO4/c24-23(25,26)31-19-4-1-15(2-5-19)16-3-6-21(20(12-16)27(28)29)30-22-17-8-13-7-14(10-17)11-18(22)9-13/h1-6,12-14,17-18,22H,7-11H2. The molecule has 4 fully saturated rings. The second kappa shape index (κ2) is 7.43. The first-order chi connectivity index (χ1) is 14.7. The van der Waals surface area contributed by atoms with Gasteiger partial charge in [0.1, 0.15) is 11.9 Å². The van der Waals surface area contributed by atoms with E-state index in [1.165, 1.54) is 36.8 Å². The van der Waals surface area contributed by atoms with E-state index in [4.69, 9.17) is 4.74 Å². The minimum atomic E-state index is -4.77. The number of hydrogen-bond donors (Lipinski definition) is 0. The molecule has 0 aromatic heterocycles. The average molecular weight is 433 g/mol. The predicted molar refractivity (Wildman–Crippen MR) is 107 cm³/mol. The zero-order valence-corrected chi connectivity index (χ0v) is 16.7. The van der Waals surface area contributed by atoms with E-state index in [0.29, 0.717) is 23.0 Å². The number of alkyl halides is 3. The minimum Gasteiger partial charge on any atom is -0.483 e. The van der Waals surface area contributed by atoms with Crippen LogP contribution in [0.4, 0.5) is 18.9 Å². The highest BCUT2D eigenvalue weighted by Gasteiger charge is 2.49. The number of nitrogens with zero attached hydrogens (tertiary/aromatic N) is 1. The third kappa shape index (κ3) is 4.07. The van der Waals surface area contributed by atoms with Crippen LogP contribution in [0.2, 0.25) is 0 Å². The van der Waals surface area contributed by atoms with Gasteiger partial charge in [-0.05, 0) is 85.1 Å². The molecular formula is C23H22F3NO4. The molecule has 0 N–H and O–H groups in total. The molecule has 2 aromatic carbocycles. The summed E-state index contributed by atoms with van der Waals surface area (Å²) in [7, 11) is 0. The maximum atomic E-state index is 12.3. The Balaban J connectivity index is 1.37. The van der Waals surface area contributed by atoms with Crippen molar-refractivity contribution in [1.82, 2.24) is 0 Å². The smallest absolute Gasteiger partial charge is 0.483 e. The van der Waals surface area contributed by atoms with Gasteiger partial charge in [-0.2, -0.15) is 0 Å². The number of rotatable bonds is 5. The molecule has 5 nitrogen and oxygen atoms in total. The van der Waals surface area contributed by atoms with Crippen molar-refractivity contribution >= 4 is 5.69 Å². The van der Waals surface area contributed by atoms with Crippen LogP contribution >= 0.6 is 0 Å². The third-order valence-electron chi connectivity index (χ3n) is 6.98. The predicted octanol–water partition coefficient (Wildman–Crippen LogP) is 6.36. The van der Waals surface area contributed by atoms with Crippen molar-refractivity contribution in [1.29, 1.82) is 0 Å². The Kier molecular flexibility index (Phi) is 4.83. The maximum Gasteiger partial charge on any atom is 0.573 e. The molecule has 4 bridgehead atoms. The van der Waals surface area contributed by atoms with Crippen LogP contribution in [0.15, 0.2) is 42.5 Å². The van der Waals surface area contributed by atoms with Crippen LogP contribution in [0.25, 0.3) is 11.1 Å². The minimum absolute atomic E-state index is 0.0242. The Bertz CT molecular complexity index is 961. The molecule has 0 heterocycles. The summed E-state index contributed by atoms with van der Waals surface area (Å²) >= 11 is 0. The van der Waals surface area contributed by atoms with E-state index in [9.17, 15) is 23.3 Å². The molecule has 4 aliphatic rings. The Morgan fingerprint density at radius 1 is 0.871 bits per heavy atom. The van der Waals surface area contributed by atoms with Gasteiger partial charge in [0.15, 0.2) is 5.75 Å². The molecule has 0 atom stereocenters. The fourth-order valence-electron chi connectivity index (χ4n) is 6.00. The van der Waals surface area contributed by atoms with Crippen molar-refractivity contribution in [3.8, 4) is 22.6 Å². The van der Waals surface area contributed by atoms with Crippen LogP contribution in [0.3, 0.4) is 0 Å². The lowest BCUT2D eigenvalue weighted by molar-refractivity contribution is -0.386. The summed E-state index contributed by atoms with van der Waals surface area (Å²) < 4.78 is 47.2. The van der Waals surface area contributed by atoms with Crippen LogP contribution in [-0.2, 0) is 0 Å². The van der Waals surface area contributed by atoms with Crippen LogP contribution in [-0.4, -0.2) is 17.4 Å². The highest BCUT2D eigenvalue weighted by atomic mass is 19.4. The van der Waals surface area contributed by atoms with E-state index in [2.05, 4.69) is 4.74 Å². The largest absolute Gasteiger partial charge is 0.573 e. The maximum absolute atomic E-state index is 12.3. The van der Waals surface area contributed by atoms with Gasteiger partial charge in [-0.15, -0.1) is 13.2 Å². The van der Waals surface area contributed by atoms with Crippen molar-refractivity contribution < 1.29 is 27.6 Å². The highest BCUT2D eigenvalue weighted by molar-refractivity contribution is 5.69. The first-order valence-electron chi connectivity index (χ1n) is 10.6. The van der Waals surface area contributed by atoms with Gasteiger partial charge in [0.25, 0.3) is 0 Å². The second-order valence-corrected chi connectivity index (χ2v) is 9.02. The molecule has 6 rings (SSSR count). The molecule has 4 saturated carbocycles. The van der Waals surface area contributed by atoms with Gasteiger partial charge in [-0.3, -0.25) is 10.1 Å². The Labute approximate surface area is 177 Å². The number of ether oxygens (including phenoxy) is 2. The molecule has 31 heavy (non-hydrogen) atoms. The van der Waals surface area contributed by atoms with Crippen molar-refractivity contribution in [2.24, 2.45) is 23.7 Å². The number of halogens is 3. The van der Waals surface area contributed by atoms with Crippen LogP contribution < -0.4 is 9.47 Å². The molecule has 4 aliphatic carbocycles. The summed E-state index contributed by atoms with van der Waals surface area (Å²) in [5.41, 5.74) is 0.961. The van der Waals surface area contributed by atoms with Gasteiger partial charge in [0, 0.05) is 6.07 Å². The fraction of sp³-hybridized carbons (Fsp3) is 0.478. The van der Waals surface area contributed by atoms with Gasteiger partial charge in [-0.25, -0.2) is 0 Å². The third-order valence-corrected chi connectivity index (χ3v) is 6.98. The van der Waals surface area contributed by atoms with Gasteiger partial charge in [0.05, 0.1) is 4.92 Å². The van der Waals surface area contributed by atoms with Crippen LogP contribution in [0, 0.1) is 33.8 Å². The van der Waals surface area contributed by atoms with Crippen molar-refractivity contribution in [2.75, 3.05) is 0 Å². The molecule has 164 valence electrons. The van der Waals surface area contributed by atoms with E-state index in [1.807, 2.05) is 0 Å². The number of nitro groups is 1. The van der Waals surface area contributed by atoms with Gasteiger partial charge in [-0.1, -0.05) is 18.2 Å². The van der Waals surface area contributed by atoms with E-state index in [-0.39, 0.29) is 23.3 Å². The molecule has 0 saturated heterocycles. The number of nitro benzene ring substituents is 1. The van der Waals surface area contributed by atoms with E-state index in [0.717, 1.165) is 37.5 Å². The van der Waals surface area contributed by atoms with E-state index in [1.54, 1.807) is 12.1 Å². The average Bonchev–Trinajstić information content (AvgIpc) is 2.69. The summed E-state index contributed by atoms with van der Waals surface area (Å²) in [6.45, 7) is 0. The first-order valence-corrected chi connectivity index (χ1v) is 10.6. The Hall–Kier alpha value is -2.77. The summed E-state index contributed by atoms with van der Waals surface area (Å²) in [5.74, 6) is 2.43. The van der Waals surface area contributed by atoms with E-state index < -0.39 is 11.3 Å². The molecular weight excluding hydrogens is 411 g/mol. The summed E-state index contributed by atoms with van der Waals surface area (Å²) in [6.07, 6.45) is 1.17. The zero-order valence-electron chi connectivity index (χ0n) is 16.7. The summed E-state index contributed by atoms with van der Waals surface area (Å²) in [5, 5.41) is 11.7. The van der Waals surface area contributed by atoms with Gasteiger partial charge in [0.2, 0.25) is 0 Å². The van der Waals surface area contributed by atoms with E-state index >= 15 is 0 Å². The zero-order chi connectivity index (χ0) is 21.8. The van der Waals surface area contributed by atoms with Crippen LogP contribution in [0.5, 0.6) is 11.5 Å². The Morgan fingerprint density at radius 3 is 2.00 bits per heavy atom. The lowest BCUT2D eigenvalue weighted by Crippen LogP contribution is -2.50. The number of hydrogen-bond acceptors (Lipinski definition) is 4. The lowest BCUT2D eigenvalue weighted by atomic mass is 9.55. The molecule has 0 aliphatic heterocycles. The van der Waals surface area contributed by atoms with Crippen molar-refractivity contribution in [2.45, 2.75) is 44.6 Å². The van der Waals surface area contributed by atoms with Gasteiger partial charge >= 0.3 is 12.0 Å². The Morgan fingerprint density at radius 2 is 1.45 bits per heavy atom. The first kappa shape index (κ1) is 20.2. The summed E-state index contributed by atoms with van der Waals surface area (Å²) in [6, 6.07) is 10.00. The molecule has 8 heteroatoms. The topological polar surface area (TPSA) is 61.6 Å². The monoisotopic (exact) mass is 433 g/mol. The molecule has 0 unspecified atom stereocenters. The fourth-order valence-corrected chi connectivity index (χ4v) is 6.00. The SMILES string of the molecule is O=[N+]([O-])c1cc(-c2ccc(OC(F)(F)F)cc2)ccc1OC1C2CC3CC(C2)CC1C3. The normalized spacial score (nSPS) is 29.1. The molecule has 0 spiro atoms. The van der Waals surface area contributed by atoms with Gasteiger partial charge < -0.3 is 9.47 Å². The molecule has 2 aromatic rings. The number of benzene rings is 2. The summed E-state index contributed by atoms with van der Waals surface area (Å²) in [4.78, 5) is 11.3. The quantitative estimate of drug-likeness (QED) is 0.406. The lowest BCUT2D eigenvalue weighted by Gasteiger charge is -2.53. The van der Waals surface area contributed by atoms with Crippen molar-refractivity contribution in [3.05, 3.63) is 52.6 Å².